The first-order chi connectivity index (χ1) is 3.55. The van der Waals surface area contributed by atoms with Crippen LogP contribution < -0.4 is 0 Å². The number of carboxylic acid groups (broad SMARTS) is 1. The second-order valence-corrected chi connectivity index (χ2v) is 3.14. The molecular weight excluding hydrogens is 240 g/mol. The van der Waals surface area contributed by atoms with Gasteiger partial charge in [0.1, 0.15) is 4.48 Å². The summed E-state index contributed by atoms with van der Waals surface area (Å²) in [7, 11) is 0. The van der Waals surface area contributed by atoms with Gasteiger partial charge in [0.05, 0.1) is 0 Å². The predicted octanol–water partition coefficient (Wildman–Crippen LogP) is 2.09. The van der Waals surface area contributed by atoms with Crippen molar-refractivity contribution in [3.63, 3.8) is 0 Å². The molecule has 2 nitrogen and oxygen atoms in total. The molecule has 0 aliphatic rings. The molecule has 0 rings (SSSR count). The van der Waals surface area contributed by atoms with Crippen LogP contribution in [0.1, 0.15) is 6.92 Å². The lowest BCUT2D eigenvalue weighted by atomic mass is 10.5. The van der Waals surface area contributed by atoms with Crippen molar-refractivity contribution in [1.29, 1.82) is 0 Å². The molecule has 0 aliphatic carbocycles. The number of allylic oxidation sites excluding steroid dienone is 1. The summed E-state index contributed by atoms with van der Waals surface area (Å²) in [5.74, 6) is -0.959. The summed E-state index contributed by atoms with van der Waals surface area (Å²) >= 11 is 5.83. The molecule has 0 heterocycles. The molecule has 46 valence electrons. The van der Waals surface area contributed by atoms with E-state index in [1.807, 2.05) is 0 Å². The average Bonchev–Trinajstić information content (AvgIpc) is 1.64. The number of carboxylic acids is 1. The van der Waals surface area contributed by atoms with Crippen LogP contribution in [0.25, 0.3) is 0 Å². The predicted molar refractivity (Wildman–Crippen MR) is 38.2 cm³/mol. The summed E-state index contributed by atoms with van der Waals surface area (Å²) in [5.41, 5.74) is 0. The molecule has 0 saturated heterocycles. The Kier molecular flexibility index (Phi) is 3.31. The fourth-order valence-electron chi connectivity index (χ4n) is 0.147. The first-order valence-electron chi connectivity index (χ1n) is 1.81. The van der Waals surface area contributed by atoms with Crippen LogP contribution in [-0.2, 0) is 4.79 Å². The molecule has 0 unspecified atom stereocenters. The minimum absolute atomic E-state index is 0.164. The van der Waals surface area contributed by atoms with Gasteiger partial charge in [0, 0.05) is 4.48 Å². The SMILES string of the molecule is C/C(Br)=C(/Br)C(=O)O. The summed E-state index contributed by atoms with van der Waals surface area (Å²) in [6.07, 6.45) is 0. The van der Waals surface area contributed by atoms with Crippen LogP contribution in [0.15, 0.2) is 8.96 Å². The first-order valence-corrected chi connectivity index (χ1v) is 3.39. The van der Waals surface area contributed by atoms with Gasteiger partial charge in [-0.3, -0.25) is 0 Å². The number of aliphatic carboxylic acids is 1. The maximum absolute atomic E-state index is 10.0. The molecular formula is C4H4Br2O2. The van der Waals surface area contributed by atoms with Crippen molar-refractivity contribution in [2.45, 2.75) is 6.92 Å². The minimum Gasteiger partial charge on any atom is -0.477 e. The Morgan fingerprint density at radius 1 is 1.50 bits per heavy atom. The zero-order chi connectivity index (χ0) is 6.73. The summed E-state index contributed by atoms with van der Waals surface area (Å²) in [5, 5.41) is 8.22. The molecule has 0 aromatic carbocycles. The van der Waals surface area contributed by atoms with Crippen LogP contribution in [0.4, 0.5) is 0 Å². The second-order valence-electron chi connectivity index (χ2n) is 1.15. The Bertz CT molecular complexity index is 135. The maximum Gasteiger partial charge on any atom is 0.343 e. The third-order valence-electron chi connectivity index (χ3n) is 0.490. The Morgan fingerprint density at radius 3 is 1.88 bits per heavy atom. The van der Waals surface area contributed by atoms with E-state index in [0.29, 0.717) is 4.48 Å². The Balaban J connectivity index is 4.23. The molecule has 0 saturated carbocycles. The van der Waals surface area contributed by atoms with Crippen molar-refractivity contribution in [3.8, 4) is 0 Å². The van der Waals surface area contributed by atoms with E-state index in [1.54, 1.807) is 6.92 Å². The fraction of sp³-hybridized carbons (Fsp3) is 0.250. The van der Waals surface area contributed by atoms with Gasteiger partial charge in [-0.05, 0) is 22.9 Å². The monoisotopic (exact) mass is 242 g/mol. The van der Waals surface area contributed by atoms with Crippen LogP contribution in [0.3, 0.4) is 0 Å². The van der Waals surface area contributed by atoms with Crippen LogP contribution in [0.2, 0.25) is 0 Å². The summed E-state index contributed by atoms with van der Waals surface area (Å²) < 4.78 is 0.752. The van der Waals surface area contributed by atoms with Gasteiger partial charge in [-0.25, -0.2) is 4.79 Å². The largest absolute Gasteiger partial charge is 0.477 e. The molecule has 0 aromatic rings. The van der Waals surface area contributed by atoms with Crippen LogP contribution >= 0.6 is 31.9 Å². The Morgan fingerprint density at radius 2 is 1.88 bits per heavy atom. The third-order valence-corrected chi connectivity index (χ3v) is 2.35. The fourth-order valence-corrected chi connectivity index (χ4v) is 0.317. The topological polar surface area (TPSA) is 37.3 Å². The van der Waals surface area contributed by atoms with Crippen LogP contribution in [-0.4, -0.2) is 11.1 Å². The maximum atomic E-state index is 10.0. The van der Waals surface area contributed by atoms with E-state index in [1.165, 1.54) is 0 Å². The van der Waals surface area contributed by atoms with E-state index in [4.69, 9.17) is 5.11 Å². The highest BCUT2D eigenvalue weighted by molar-refractivity contribution is 9.14. The molecule has 0 fully saturated rings. The van der Waals surface area contributed by atoms with Crippen molar-refractivity contribution in [2.24, 2.45) is 0 Å². The van der Waals surface area contributed by atoms with Crippen molar-refractivity contribution >= 4 is 37.8 Å². The lowest BCUT2D eigenvalue weighted by Gasteiger charge is -1.88. The zero-order valence-corrected chi connectivity index (χ0v) is 7.28. The number of rotatable bonds is 1. The van der Waals surface area contributed by atoms with E-state index in [-0.39, 0.29) is 4.48 Å². The van der Waals surface area contributed by atoms with E-state index < -0.39 is 5.97 Å². The highest BCUT2D eigenvalue weighted by Gasteiger charge is 2.03. The summed E-state index contributed by atoms with van der Waals surface area (Å²) in [4.78, 5) is 10.0. The lowest BCUT2D eigenvalue weighted by molar-refractivity contribution is -0.131. The van der Waals surface area contributed by atoms with E-state index in [2.05, 4.69) is 31.9 Å². The molecule has 4 heteroatoms. The standard InChI is InChI=1S/C4H4Br2O2/c1-2(5)3(6)4(7)8/h1H3,(H,7,8)/b3-2-. The zero-order valence-electron chi connectivity index (χ0n) is 4.11. The van der Waals surface area contributed by atoms with E-state index in [0.717, 1.165) is 0 Å². The van der Waals surface area contributed by atoms with Crippen molar-refractivity contribution in [2.75, 3.05) is 0 Å². The van der Waals surface area contributed by atoms with Crippen LogP contribution in [0.5, 0.6) is 0 Å². The second kappa shape index (κ2) is 3.25. The Hall–Kier alpha value is 0.170. The smallest absolute Gasteiger partial charge is 0.343 e. The van der Waals surface area contributed by atoms with Crippen molar-refractivity contribution in [1.82, 2.24) is 0 Å². The van der Waals surface area contributed by atoms with Gasteiger partial charge in [0.15, 0.2) is 0 Å². The van der Waals surface area contributed by atoms with Gasteiger partial charge in [0.25, 0.3) is 0 Å². The van der Waals surface area contributed by atoms with E-state index >= 15 is 0 Å². The first kappa shape index (κ1) is 8.17. The van der Waals surface area contributed by atoms with E-state index in [9.17, 15) is 4.79 Å². The third kappa shape index (κ3) is 2.47. The van der Waals surface area contributed by atoms with Gasteiger partial charge in [-0.1, -0.05) is 15.9 Å². The normalized spacial score (nSPS) is 12.9. The molecule has 1 N–H and O–H groups in total. The molecule has 0 atom stereocenters. The summed E-state index contributed by atoms with van der Waals surface area (Å²) in [6.45, 7) is 1.65. The Labute approximate surface area is 63.8 Å². The number of halogens is 2. The minimum atomic E-state index is -0.959. The molecule has 0 radical (unpaired) electrons. The van der Waals surface area contributed by atoms with Gasteiger partial charge in [-0.15, -0.1) is 0 Å². The van der Waals surface area contributed by atoms with Gasteiger partial charge < -0.3 is 5.11 Å². The highest BCUT2D eigenvalue weighted by atomic mass is 79.9. The quantitative estimate of drug-likeness (QED) is 0.717. The molecule has 0 amide bonds. The van der Waals surface area contributed by atoms with Gasteiger partial charge >= 0.3 is 5.97 Å². The number of hydrogen-bond acceptors (Lipinski definition) is 1. The van der Waals surface area contributed by atoms with Gasteiger partial charge in [0.2, 0.25) is 0 Å². The molecule has 0 bridgehead atoms. The molecule has 8 heavy (non-hydrogen) atoms. The van der Waals surface area contributed by atoms with Crippen molar-refractivity contribution in [3.05, 3.63) is 8.96 Å². The van der Waals surface area contributed by atoms with Gasteiger partial charge in [-0.2, -0.15) is 0 Å². The molecule has 0 aliphatic heterocycles. The molecule has 0 aromatic heterocycles. The molecule has 0 spiro atoms. The number of hydrogen-bond donors (Lipinski definition) is 1. The highest BCUT2D eigenvalue weighted by Crippen LogP contribution is 2.16. The van der Waals surface area contributed by atoms with Crippen molar-refractivity contribution < 1.29 is 9.90 Å². The average molecular weight is 244 g/mol. The lowest BCUT2D eigenvalue weighted by Crippen LogP contribution is -1.93. The number of carbonyl (C=O) groups is 1. The summed E-state index contributed by atoms with van der Waals surface area (Å²) in [6, 6.07) is 0. The van der Waals surface area contributed by atoms with Crippen LogP contribution in [0, 0.1) is 0 Å².